The number of aromatic nitrogens is 4. The van der Waals surface area contributed by atoms with Crippen LogP contribution in [0.2, 0.25) is 0 Å². The summed E-state index contributed by atoms with van der Waals surface area (Å²) in [5, 5.41) is 1.94. The highest BCUT2D eigenvalue weighted by molar-refractivity contribution is 6.07. The number of amides is 4. The molecule has 3 aliphatic heterocycles. The van der Waals surface area contributed by atoms with Gasteiger partial charge in [0.15, 0.2) is 0 Å². The lowest BCUT2D eigenvalue weighted by atomic mass is 9.92. The number of carbonyl (C=O) groups excluding carboxylic acids is 4. The van der Waals surface area contributed by atoms with E-state index in [4.69, 9.17) is 24.2 Å². The largest absolute Gasteiger partial charge is 0.488 e. The molecule has 2 fully saturated rings. The fourth-order valence-corrected chi connectivity index (χ4v) is 9.45. The minimum atomic E-state index is -0.780. The van der Waals surface area contributed by atoms with Crippen LogP contribution in [-0.2, 0) is 30.4 Å². The number of likely N-dealkylation sites (tertiary alicyclic amines) is 2. The van der Waals surface area contributed by atoms with Gasteiger partial charge in [-0.3, -0.25) is 14.5 Å². The summed E-state index contributed by atoms with van der Waals surface area (Å²) in [5.41, 5.74) is 6.53. The average molecular weight is 847 g/mol. The molecule has 16 nitrogen and oxygen atoms in total. The second kappa shape index (κ2) is 17.2. The van der Waals surface area contributed by atoms with Crippen molar-refractivity contribution < 1.29 is 38.1 Å². The Kier molecular flexibility index (Phi) is 11.8. The number of carbonyl (C=O) groups is 4. The van der Waals surface area contributed by atoms with Gasteiger partial charge in [0.25, 0.3) is 0 Å². The SMILES string of the molecule is COC(=O)N=CC(C(=O)N1CCCC1c1nc2c(ccc3cc4c(cc32)OCc2cc(-c3cnc(C5CCC(C)N5C(=O)C(C(C)C)N(C)C(=O)OC)[nH]3)ccc2-4)[nH]1)C(C)OC. The molecular formula is C46H54N8O8. The summed E-state index contributed by atoms with van der Waals surface area (Å²) >= 11 is 0. The Bertz CT molecular complexity index is 2560. The van der Waals surface area contributed by atoms with Crippen molar-refractivity contribution in [3.8, 4) is 28.1 Å². The number of nitrogens with zero attached hydrogens (tertiary/aromatic N) is 6. The maximum Gasteiger partial charge on any atom is 0.432 e. The van der Waals surface area contributed by atoms with Crippen molar-refractivity contribution in [2.24, 2.45) is 16.8 Å². The van der Waals surface area contributed by atoms with Crippen molar-refractivity contribution in [2.45, 2.75) is 90.3 Å². The zero-order chi connectivity index (χ0) is 44.0. The number of fused-ring (bicyclic) bond motifs is 6. The number of H-pyrrole nitrogens is 2. The third kappa shape index (κ3) is 7.65. The van der Waals surface area contributed by atoms with Crippen molar-refractivity contribution in [1.29, 1.82) is 0 Å². The molecule has 2 N–H and O–H groups in total. The number of benzene rings is 3. The molecule has 5 heterocycles. The molecule has 2 aromatic heterocycles. The van der Waals surface area contributed by atoms with Crippen LogP contribution in [0.4, 0.5) is 9.59 Å². The van der Waals surface area contributed by atoms with Crippen LogP contribution in [0.15, 0.2) is 53.7 Å². The highest BCUT2D eigenvalue weighted by atomic mass is 16.5. The Morgan fingerprint density at radius 2 is 1.74 bits per heavy atom. The smallest absolute Gasteiger partial charge is 0.432 e. The number of nitrogens with one attached hydrogen (secondary N) is 2. The van der Waals surface area contributed by atoms with Crippen molar-refractivity contribution in [2.75, 3.05) is 34.9 Å². The number of methoxy groups -OCH3 is 3. The Labute approximate surface area is 360 Å². The van der Waals surface area contributed by atoms with Crippen LogP contribution in [-0.4, -0.2) is 118 Å². The van der Waals surface area contributed by atoms with E-state index in [0.29, 0.717) is 24.8 Å². The maximum atomic E-state index is 14.1. The van der Waals surface area contributed by atoms with E-state index in [2.05, 4.69) is 56.1 Å². The van der Waals surface area contributed by atoms with Crippen LogP contribution in [0.3, 0.4) is 0 Å². The summed E-state index contributed by atoms with van der Waals surface area (Å²) in [7, 11) is 5.69. The Balaban J connectivity index is 1.04. The normalized spacial score (nSPS) is 20.0. The minimum absolute atomic E-state index is 0.0181. The molecule has 6 unspecified atom stereocenters. The van der Waals surface area contributed by atoms with E-state index in [-0.39, 0.29) is 35.9 Å². The summed E-state index contributed by atoms with van der Waals surface area (Å²) < 4.78 is 21.5. The van der Waals surface area contributed by atoms with Gasteiger partial charge >= 0.3 is 12.2 Å². The Morgan fingerprint density at radius 3 is 2.48 bits per heavy atom. The maximum absolute atomic E-state index is 14.1. The quantitative estimate of drug-likeness (QED) is 0.133. The van der Waals surface area contributed by atoms with Crippen LogP contribution in [0.5, 0.6) is 5.75 Å². The van der Waals surface area contributed by atoms with E-state index in [0.717, 1.165) is 81.2 Å². The fraction of sp³-hybridized carbons (Fsp3) is 0.457. The molecule has 0 saturated carbocycles. The molecule has 0 aliphatic carbocycles. The number of likely N-dealkylation sites (N-methyl/N-ethyl adjacent to an activating group) is 1. The number of ether oxygens (including phenoxy) is 4. The second-order valence-corrected chi connectivity index (χ2v) is 16.9. The number of aromatic amines is 2. The third-order valence-corrected chi connectivity index (χ3v) is 12.8. The van der Waals surface area contributed by atoms with Gasteiger partial charge in [-0.05, 0) is 91.8 Å². The third-order valence-electron chi connectivity index (χ3n) is 12.8. The Hall–Kier alpha value is -6.29. The number of hydrogen-bond acceptors (Lipinski definition) is 10. The molecule has 62 heavy (non-hydrogen) atoms. The van der Waals surface area contributed by atoms with E-state index in [1.54, 1.807) is 18.9 Å². The monoisotopic (exact) mass is 846 g/mol. The number of imidazole rings is 2. The predicted molar refractivity (Wildman–Crippen MR) is 233 cm³/mol. The zero-order valence-corrected chi connectivity index (χ0v) is 36.4. The molecular weight excluding hydrogens is 793 g/mol. The van der Waals surface area contributed by atoms with Gasteiger partial charge in [0.05, 0.1) is 61.2 Å². The lowest BCUT2D eigenvalue weighted by Crippen LogP contribution is -2.53. The van der Waals surface area contributed by atoms with Gasteiger partial charge in [-0.15, -0.1) is 0 Å². The van der Waals surface area contributed by atoms with Gasteiger partial charge in [-0.25, -0.2) is 19.6 Å². The van der Waals surface area contributed by atoms with Gasteiger partial charge in [0, 0.05) is 43.9 Å². The van der Waals surface area contributed by atoms with Crippen LogP contribution in [0, 0.1) is 11.8 Å². The fourth-order valence-electron chi connectivity index (χ4n) is 9.45. The molecule has 8 rings (SSSR count). The predicted octanol–water partition coefficient (Wildman–Crippen LogP) is 7.59. The first-order valence-corrected chi connectivity index (χ1v) is 21.2. The lowest BCUT2D eigenvalue weighted by Gasteiger charge is -2.36. The molecule has 16 heteroatoms. The molecule has 0 bridgehead atoms. The molecule has 6 atom stereocenters. The number of rotatable bonds is 10. The molecule has 326 valence electrons. The first-order chi connectivity index (χ1) is 29.8. The van der Waals surface area contributed by atoms with Crippen LogP contribution in [0.25, 0.3) is 44.2 Å². The average Bonchev–Trinajstić information content (AvgIpc) is 4.11. The highest BCUT2D eigenvalue weighted by Crippen LogP contribution is 2.44. The summed E-state index contributed by atoms with van der Waals surface area (Å²) in [6.07, 6.45) is 4.40. The van der Waals surface area contributed by atoms with Gasteiger partial charge < -0.3 is 38.7 Å². The van der Waals surface area contributed by atoms with Crippen molar-refractivity contribution >= 4 is 52.0 Å². The van der Waals surface area contributed by atoms with E-state index in [1.165, 1.54) is 32.4 Å². The molecule has 3 aliphatic rings. The van der Waals surface area contributed by atoms with Crippen molar-refractivity contribution in [3.63, 3.8) is 0 Å². The topological polar surface area (TPSA) is 185 Å². The summed E-state index contributed by atoms with van der Waals surface area (Å²) in [6, 6.07) is 13.4. The van der Waals surface area contributed by atoms with Crippen LogP contribution < -0.4 is 4.74 Å². The molecule has 3 aromatic carbocycles. The van der Waals surface area contributed by atoms with Crippen LogP contribution >= 0.6 is 0 Å². The lowest BCUT2D eigenvalue weighted by molar-refractivity contribution is -0.140. The van der Waals surface area contributed by atoms with Crippen LogP contribution in [0.1, 0.15) is 82.7 Å². The number of aliphatic imine (C=N–C) groups is 1. The van der Waals surface area contributed by atoms with Gasteiger partial charge in [-0.1, -0.05) is 32.0 Å². The van der Waals surface area contributed by atoms with E-state index < -0.39 is 30.3 Å². The molecule has 0 spiro atoms. The summed E-state index contributed by atoms with van der Waals surface area (Å²) in [4.78, 5) is 78.0. The van der Waals surface area contributed by atoms with E-state index >= 15 is 0 Å². The van der Waals surface area contributed by atoms with Gasteiger partial charge in [0.2, 0.25) is 11.8 Å². The van der Waals surface area contributed by atoms with E-state index in [1.807, 2.05) is 37.9 Å². The summed E-state index contributed by atoms with van der Waals surface area (Å²) in [5.74, 6) is 0.953. The molecule has 0 radical (unpaired) electrons. The first-order valence-electron chi connectivity index (χ1n) is 21.2. The summed E-state index contributed by atoms with van der Waals surface area (Å²) in [6.45, 7) is 8.59. The molecule has 5 aromatic rings. The Morgan fingerprint density at radius 1 is 0.935 bits per heavy atom. The van der Waals surface area contributed by atoms with Crippen molar-refractivity contribution in [3.05, 3.63) is 65.9 Å². The van der Waals surface area contributed by atoms with E-state index in [9.17, 15) is 19.2 Å². The second-order valence-electron chi connectivity index (χ2n) is 16.9. The molecule has 4 amide bonds. The number of hydrogen-bond donors (Lipinski definition) is 2. The highest BCUT2D eigenvalue weighted by Gasteiger charge is 2.43. The molecule has 2 saturated heterocycles. The zero-order valence-electron chi connectivity index (χ0n) is 36.4. The first kappa shape index (κ1) is 42.4. The standard InChI is InChI=1S/C46H54N8O8/c1-24(2)40(52(5)46(58)61-8)44(56)54-25(3)11-16-37(54)41-47-22-35(50-41)28-12-14-30-29(18-28)23-62-38-20-31-27(19-32(30)38)13-15-34-39(31)51-42(49-34)36-10-9-17-53(36)43(55)33(26(4)59-6)21-48-45(57)60-7/h12-15,18-22,24-26,33,36-37,40H,9-11,16-17,23H2,1-8H3,(H,47,50)(H,49,51). The van der Waals surface area contributed by atoms with Crippen molar-refractivity contribution in [1.82, 2.24) is 34.6 Å². The minimum Gasteiger partial charge on any atom is -0.488 e. The van der Waals surface area contributed by atoms with Gasteiger partial charge in [-0.2, -0.15) is 4.99 Å². The van der Waals surface area contributed by atoms with Gasteiger partial charge in [0.1, 0.15) is 30.0 Å².